The van der Waals surface area contributed by atoms with Crippen LogP contribution in [0.4, 0.5) is 5.69 Å². The molecule has 0 saturated carbocycles. The van der Waals surface area contributed by atoms with E-state index in [1.54, 1.807) is 6.20 Å². The van der Waals surface area contributed by atoms with Gasteiger partial charge in [0.05, 0.1) is 5.69 Å². The molecular formula is C22H19ClN4O. The lowest BCUT2D eigenvalue weighted by Crippen LogP contribution is -2.13. The fourth-order valence-electron chi connectivity index (χ4n) is 3.05. The quantitative estimate of drug-likeness (QED) is 0.525. The molecule has 5 nitrogen and oxygen atoms in total. The van der Waals surface area contributed by atoms with Gasteiger partial charge in [-0.2, -0.15) is 0 Å². The Balaban J connectivity index is 1.49. The molecule has 0 aliphatic rings. The highest BCUT2D eigenvalue weighted by atomic mass is 35.5. The summed E-state index contributed by atoms with van der Waals surface area (Å²) in [6, 6.07) is 15.4. The molecule has 2 aromatic heterocycles. The summed E-state index contributed by atoms with van der Waals surface area (Å²) in [6.07, 6.45) is 6.58. The zero-order chi connectivity index (χ0) is 19.5. The molecule has 140 valence electrons. The Bertz CT molecular complexity index is 1120. The van der Waals surface area contributed by atoms with Crippen LogP contribution in [0.2, 0.25) is 5.02 Å². The number of amides is 1. The number of hydrogen-bond acceptors (Lipinski definition) is 3. The Labute approximate surface area is 168 Å². The summed E-state index contributed by atoms with van der Waals surface area (Å²) < 4.78 is 1.87. The first kappa shape index (κ1) is 18.2. The largest absolute Gasteiger partial charge is 0.326 e. The van der Waals surface area contributed by atoms with Crippen LogP contribution in [0.25, 0.3) is 17.0 Å². The van der Waals surface area contributed by atoms with Gasteiger partial charge in [-0.3, -0.25) is 9.20 Å². The summed E-state index contributed by atoms with van der Waals surface area (Å²) in [7, 11) is 0. The SMILES string of the molecule is Cc1ccc(-c2cn3cccnc3n2)cc1NC(=O)CCc1cccc(Cl)c1. The van der Waals surface area contributed by atoms with Gasteiger partial charge in [-0.1, -0.05) is 35.9 Å². The average Bonchev–Trinajstić information content (AvgIpc) is 3.12. The van der Waals surface area contributed by atoms with E-state index in [1.165, 1.54) is 0 Å². The molecular weight excluding hydrogens is 372 g/mol. The van der Waals surface area contributed by atoms with Gasteiger partial charge in [-0.25, -0.2) is 9.97 Å². The van der Waals surface area contributed by atoms with Gasteiger partial charge in [0.25, 0.3) is 0 Å². The lowest BCUT2D eigenvalue weighted by Gasteiger charge is -2.10. The van der Waals surface area contributed by atoms with Crippen LogP contribution in [-0.4, -0.2) is 20.3 Å². The zero-order valence-electron chi connectivity index (χ0n) is 15.4. The number of hydrogen-bond donors (Lipinski definition) is 1. The third-order valence-corrected chi connectivity index (χ3v) is 4.81. The Morgan fingerprint density at radius 1 is 1.18 bits per heavy atom. The number of rotatable bonds is 5. The predicted molar refractivity (Wildman–Crippen MR) is 112 cm³/mol. The first-order valence-corrected chi connectivity index (χ1v) is 9.41. The van der Waals surface area contributed by atoms with Crippen molar-refractivity contribution in [3.63, 3.8) is 0 Å². The minimum Gasteiger partial charge on any atom is -0.326 e. The summed E-state index contributed by atoms with van der Waals surface area (Å²) >= 11 is 6.00. The van der Waals surface area contributed by atoms with Crippen LogP contribution < -0.4 is 5.32 Å². The number of halogens is 1. The van der Waals surface area contributed by atoms with Crippen molar-refractivity contribution in [2.75, 3.05) is 5.32 Å². The van der Waals surface area contributed by atoms with Crippen molar-refractivity contribution in [3.8, 4) is 11.3 Å². The molecule has 0 unspecified atom stereocenters. The highest BCUT2D eigenvalue weighted by Crippen LogP contribution is 2.25. The summed E-state index contributed by atoms with van der Waals surface area (Å²) in [5.74, 6) is 0.613. The zero-order valence-corrected chi connectivity index (χ0v) is 16.1. The second-order valence-electron chi connectivity index (χ2n) is 6.66. The van der Waals surface area contributed by atoms with E-state index >= 15 is 0 Å². The normalized spacial score (nSPS) is 10.9. The van der Waals surface area contributed by atoms with Gasteiger partial charge in [0, 0.05) is 41.3 Å². The van der Waals surface area contributed by atoms with Crippen LogP contribution in [0.1, 0.15) is 17.5 Å². The molecule has 4 aromatic rings. The van der Waals surface area contributed by atoms with Crippen molar-refractivity contribution >= 4 is 29.0 Å². The number of benzene rings is 2. The van der Waals surface area contributed by atoms with E-state index in [2.05, 4.69) is 15.3 Å². The van der Waals surface area contributed by atoms with Crippen molar-refractivity contribution in [1.82, 2.24) is 14.4 Å². The van der Waals surface area contributed by atoms with Crippen LogP contribution in [0.5, 0.6) is 0 Å². The Kier molecular flexibility index (Phi) is 5.08. The Hall–Kier alpha value is -3.18. The van der Waals surface area contributed by atoms with Gasteiger partial charge in [0.1, 0.15) is 0 Å². The summed E-state index contributed by atoms with van der Waals surface area (Å²) in [4.78, 5) is 21.2. The maximum absolute atomic E-state index is 12.4. The number of nitrogens with zero attached hydrogens (tertiary/aromatic N) is 3. The smallest absolute Gasteiger partial charge is 0.234 e. The second-order valence-corrected chi connectivity index (χ2v) is 7.10. The van der Waals surface area contributed by atoms with Crippen LogP contribution in [-0.2, 0) is 11.2 Å². The number of carbonyl (C=O) groups excluding carboxylic acids is 1. The molecule has 1 amide bonds. The van der Waals surface area contributed by atoms with E-state index in [4.69, 9.17) is 11.6 Å². The van der Waals surface area contributed by atoms with Crippen molar-refractivity contribution < 1.29 is 4.79 Å². The molecule has 0 atom stereocenters. The minimum atomic E-state index is -0.0307. The summed E-state index contributed by atoms with van der Waals surface area (Å²) in [5, 5.41) is 3.70. The lowest BCUT2D eigenvalue weighted by atomic mass is 10.1. The van der Waals surface area contributed by atoms with E-state index in [0.717, 1.165) is 28.1 Å². The molecule has 0 saturated heterocycles. The van der Waals surface area contributed by atoms with Gasteiger partial charge in [-0.05, 0) is 48.7 Å². The number of carbonyl (C=O) groups is 1. The molecule has 0 fully saturated rings. The molecule has 6 heteroatoms. The monoisotopic (exact) mass is 390 g/mol. The fourth-order valence-corrected chi connectivity index (χ4v) is 3.26. The van der Waals surface area contributed by atoms with Gasteiger partial charge in [0.15, 0.2) is 0 Å². The molecule has 0 bridgehead atoms. The standard InChI is InChI=1S/C22H19ClN4O/c1-15-6-8-17(20-14-27-11-3-10-24-22(27)26-20)13-19(15)25-21(28)9-7-16-4-2-5-18(23)12-16/h2-6,8,10-14H,7,9H2,1H3,(H,25,28). The number of imidazole rings is 1. The summed E-state index contributed by atoms with van der Waals surface area (Å²) in [5.41, 5.74) is 4.58. The number of fused-ring (bicyclic) bond motifs is 1. The fraction of sp³-hybridized carbons (Fsp3) is 0.136. The first-order chi connectivity index (χ1) is 13.6. The first-order valence-electron chi connectivity index (χ1n) is 9.03. The average molecular weight is 391 g/mol. The maximum atomic E-state index is 12.4. The van der Waals surface area contributed by atoms with Crippen LogP contribution in [0, 0.1) is 6.92 Å². The van der Waals surface area contributed by atoms with Crippen molar-refractivity contribution in [2.45, 2.75) is 19.8 Å². The van der Waals surface area contributed by atoms with Crippen LogP contribution in [0.15, 0.2) is 67.1 Å². The molecule has 0 aliphatic heterocycles. The molecule has 2 heterocycles. The number of aryl methyl sites for hydroxylation is 2. The molecule has 0 aliphatic carbocycles. The molecule has 2 aromatic carbocycles. The highest BCUT2D eigenvalue weighted by molar-refractivity contribution is 6.30. The molecule has 0 radical (unpaired) electrons. The van der Waals surface area contributed by atoms with Gasteiger partial charge < -0.3 is 5.32 Å². The third kappa shape index (κ3) is 4.05. The molecule has 28 heavy (non-hydrogen) atoms. The Morgan fingerprint density at radius 2 is 2.07 bits per heavy atom. The van der Waals surface area contributed by atoms with E-state index in [0.29, 0.717) is 23.6 Å². The third-order valence-electron chi connectivity index (χ3n) is 4.57. The van der Waals surface area contributed by atoms with Crippen LogP contribution >= 0.6 is 11.6 Å². The minimum absolute atomic E-state index is 0.0307. The maximum Gasteiger partial charge on any atom is 0.234 e. The topological polar surface area (TPSA) is 59.3 Å². The van der Waals surface area contributed by atoms with E-state index < -0.39 is 0 Å². The van der Waals surface area contributed by atoms with Gasteiger partial charge in [0.2, 0.25) is 11.7 Å². The molecule has 1 N–H and O–H groups in total. The predicted octanol–water partition coefficient (Wildman–Crippen LogP) is 4.93. The number of nitrogens with one attached hydrogen (secondary N) is 1. The Morgan fingerprint density at radius 3 is 2.89 bits per heavy atom. The van der Waals surface area contributed by atoms with E-state index in [9.17, 15) is 4.79 Å². The van der Waals surface area contributed by atoms with Crippen molar-refractivity contribution in [1.29, 1.82) is 0 Å². The van der Waals surface area contributed by atoms with Crippen LogP contribution in [0.3, 0.4) is 0 Å². The molecule has 0 spiro atoms. The van der Waals surface area contributed by atoms with Crippen molar-refractivity contribution in [2.24, 2.45) is 0 Å². The van der Waals surface area contributed by atoms with Gasteiger partial charge in [-0.15, -0.1) is 0 Å². The molecule has 4 rings (SSSR count). The van der Waals surface area contributed by atoms with E-state index in [-0.39, 0.29) is 5.91 Å². The second kappa shape index (κ2) is 7.82. The van der Waals surface area contributed by atoms with E-state index in [1.807, 2.05) is 72.2 Å². The lowest BCUT2D eigenvalue weighted by molar-refractivity contribution is -0.116. The summed E-state index contributed by atoms with van der Waals surface area (Å²) in [6.45, 7) is 1.97. The number of aromatic nitrogens is 3. The van der Waals surface area contributed by atoms with Gasteiger partial charge >= 0.3 is 0 Å². The van der Waals surface area contributed by atoms with Crippen molar-refractivity contribution in [3.05, 3.63) is 83.3 Å². The highest BCUT2D eigenvalue weighted by Gasteiger charge is 2.10. The number of anilines is 1.